The highest BCUT2D eigenvalue weighted by Crippen LogP contribution is 2.30. The average Bonchev–Trinajstić information content (AvgIpc) is 2.85. The minimum absolute atomic E-state index is 0.170. The van der Waals surface area contributed by atoms with Crippen LogP contribution in [0, 0.1) is 0 Å². The average molecular weight is 310 g/mol. The van der Waals surface area contributed by atoms with Gasteiger partial charge in [0.25, 0.3) is 0 Å². The summed E-state index contributed by atoms with van der Waals surface area (Å²) >= 11 is 7.71. The lowest BCUT2D eigenvalue weighted by molar-refractivity contribution is -0.137. The van der Waals surface area contributed by atoms with Crippen LogP contribution in [-0.4, -0.2) is 29.6 Å². The Morgan fingerprint density at radius 1 is 1.35 bits per heavy atom. The number of hydrogen-bond acceptors (Lipinski definition) is 3. The van der Waals surface area contributed by atoms with E-state index in [1.165, 1.54) is 9.75 Å². The van der Waals surface area contributed by atoms with Gasteiger partial charge in [0, 0.05) is 27.9 Å². The zero-order chi connectivity index (χ0) is 14.5. The van der Waals surface area contributed by atoms with Crippen LogP contribution < -0.4 is 0 Å². The Balaban J connectivity index is 2.00. The fourth-order valence-electron chi connectivity index (χ4n) is 1.89. The molecule has 0 unspecified atom stereocenters. The van der Waals surface area contributed by atoms with E-state index in [1.54, 1.807) is 11.3 Å². The number of carboxylic acids is 1. The fraction of sp³-hybridized carbons (Fsp3) is 0.267. The van der Waals surface area contributed by atoms with E-state index in [1.807, 2.05) is 36.2 Å². The monoisotopic (exact) mass is 309 g/mol. The van der Waals surface area contributed by atoms with E-state index < -0.39 is 5.97 Å². The van der Waals surface area contributed by atoms with Crippen molar-refractivity contribution in [1.29, 1.82) is 0 Å². The van der Waals surface area contributed by atoms with Crippen molar-refractivity contribution in [3.05, 3.63) is 46.3 Å². The van der Waals surface area contributed by atoms with E-state index >= 15 is 0 Å². The minimum atomic E-state index is -0.761. The fourth-order valence-corrected chi connectivity index (χ4v) is 3.17. The molecule has 0 atom stereocenters. The number of carbonyl (C=O) groups is 1. The van der Waals surface area contributed by atoms with Gasteiger partial charge in [-0.2, -0.15) is 0 Å². The molecule has 0 radical (unpaired) electrons. The van der Waals surface area contributed by atoms with Gasteiger partial charge >= 0.3 is 5.97 Å². The number of halogens is 1. The predicted octanol–water partition coefficient (Wildman–Crippen LogP) is 3.98. The molecule has 2 rings (SSSR count). The number of thiophene rings is 1. The summed E-state index contributed by atoms with van der Waals surface area (Å²) in [7, 11) is 1.93. The number of benzene rings is 1. The number of carboxylic acid groups (broad SMARTS) is 1. The van der Waals surface area contributed by atoms with Crippen molar-refractivity contribution in [3.63, 3.8) is 0 Å². The first kappa shape index (κ1) is 15.0. The molecule has 2 aromatic rings. The molecular weight excluding hydrogens is 294 g/mol. The molecule has 1 aromatic heterocycles. The summed E-state index contributed by atoms with van der Waals surface area (Å²) < 4.78 is 0. The van der Waals surface area contributed by atoms with Crippen molar-refractivity contribution in [2.75, 3.05) is 13.6 Å². The van der Waals surface area contributed by atoms with Crippen LogP contribution in [0.3, 0.4) is 0 Å². The molecule has 0 aliphatic heterocycles. The van der Waals surface area contributed by atoms with Crippen LogP contribution in [0.4, 0.5) is 0 Å². The number of rotatable bonds is 6. The lowest BCUT2D eigenvalue weighted by Crippen LogP contribution is -2.20. The molecule has 0 saturated heterocycles. The summed E-state index contributed by atoms with van der Waals surface area (Å²) in [4.78, 5) is 14.9. The third-order valence-corrected chi connectivity index (χ3v) is 4.26. The normalized spacial score (nSPS) is 10.9. The Morgan fingerprint density at radius 3 is 2.85 bits per heavy atom. The second-order valence-electron chi connectivity index (χ2n) is 4.66. The molecule has 1 aromatic carbocycles. The van der Waals surface area contributed by atoms with E-state index in [0.29, 0.717) is 6.54 Å². The smallest absolute Gasteiger partial charge is 0.304 e. The van der Waals surface area contributed by atoms with Crippen molar-refractivity contribution < 1.29 is 9.90 Å². The molecule has 106 valence electrons. The van der Waals surface area contributed by atoms with Crippen LogP contribution in [0.5, 0.6) is 0 Å². The van der Waals surface area contributed by atoms with Gasteiger partial charge in [-0.3, -0.25) is 4.79 Å². The first-order chi connectivity index (χ1) is 9.54. The highest BCUT2D eigenvalue weighted by molar-refractivity contribution is 7.15. The van der Waals surface area contributed by atoms with Gasteiger partial charge in [0.05, 0.1) is 6.42 Å². The van der Waals surface area contributed by atoms with Crippen molar-refractivity contribution >= 4 is 28.9 Å². The number of hydrogen-bond donors (Lipinski definition) is 1. The summed E-state index contributed by atoms with van der Waals surface area (Å²) in [5.74, 6) is -0.761. The molecule has 0 aliphatic rings. The maximum atomic E-state index is 10.5. The predicted molar refractivity (Wildman–Crippen MR) is 83.4 cm³/mol. The van der Waals surface area contributed by atoms with Gasteiger partial charge in [-0.05, 0) is 36.9 Å². The highest BCUT2D eigenvalue weighted by Gasteiger charge is 2.07. The highest BCUT2D eigenvalue weighted by atomic mass is 35.5. The van der Waals surface area contributed by atoms with Crippen molar-refractivity contribution in [2.24, 2.45) is 0 Å². The largest absolute Gasteiger partial charge is 0.481 e. The van der Waals surface area contributed by atoms with Crippen LogP contribution in [0.2, 0.25) is 5.02 Å². The number of nitrogens with zero attached hydrogens (tertiary/aromatic N) is 1. The van der Waals surface area contributed by atoms with Gasteiger partial charge in [-0.1, -0.05) is 23.7 Å². The molecule has 5 heteroatoms. The number of aliphatic carboxylic acids is 1. The Hall–Kier alpha value is -1.36. The van der Waals surface area contributed by atoms with E-state index in [2.05, 4.69) is 12.1 Å². The lowest BCUT2D eigenvalue weighted by atomic mass is 10.2. The Kier molecular flexibility index (Phi) is 5.17. The van der Waals surface area contributed by atoms with Gasteiger partial charge in [0.1, 0.15) is 0 Å². The maximum absolute atomic E-state index is 10.5. The van der Waals surface area contributed by atoms with E-state index in [4.69, 9.17) is 16.7 Å². The second kappa shape index (κ2) is 6.88. The molecule has 3 nitrogen and oxygen atoms in total. The third-order valence-electron chi connectivity index (χ3n) is 2.90. The SMILES string of the molecule is CN(CCC(=O)O)Cc1ccc(-c2cccc(Cl)c2)s1. The minimum Gasteiger partial charge on any atom is -0.481 e. The van der Waals surface area contributed by atoms with Gasteiger partial charge in [-0.25, -0.2) is 0 Å². The first-order valence-corrected chi connectivity index (χ1v) is 7.49. The summed E-state index contributed by atoms with van der Waals surface area (Å²) in [6, 6.07) is 11.9. The molecule has 0 saturated carbocycles. The van der Waals surface area contributed by atoms with Gasteiger partial charge < -0.3 is 10.0 Å². The quantitative estimate of drug-likeness (QED) is 0.877. The summed E-state index contributed by atoms with van der Waals surface area (Å²) in [6.07, 6.45) is 0.170. The zero-order valence-corrected chi connectivity index (χ0v) is 12.7. The molecule has 0 spiro atoms. The van der Waals surface area contributed by atoms with Crippen LogP contribution in [0.25, 0.3) is 10.4 Å². The van der Waals surface area contributed by atoms with Crippen molar-refractivity contribution in [2.45, 2.75) is 13.0 Å². The third kappa shape index (κ3) is 4.34. The topological polar surface area (TPSA) is 40.5 Å². The molecule has 0 fully saturated rings. The Morgan fingerprint density at radius 2 is 2.15 bits per heavy atom. The second-order valence-corrected chi connectivity index (χ2v) is 6.26. The van der Waals surface area contributed by atoms with Crippen molar-refractivity contribution in [1.82, 2.24) is 4.90 Å². The van der Waals surface area contributed by atoms with E-state index in [9.17, 15) is 4.79 Å². The van der Waals surface area contributed by atoms with Crippen LogP contribution in [0.1, 0.15) is 11.3 Å². The Labute approximate surface area is 127 Å². The standard InChI is InChI=1S/C15H16ClNO2S/c1-17(8-7-15(18)19)10-13-5-6-14(20-13)11-3-2-4-12(16)9-11/h2-6,9H,7-8,10H2,1H3,(H,18,19). The molecule has 0 bridgehead atoms. The van der Waals surface area contributed by atoms with Gasteiger partial charge in [-0.15, -0.1) is 11.3 Å². The van der Waals surface area contributed by atoms with Gasteiger partial charge in [0.2, 0.25) is 0 Å². The molecule has 20 heavy (non-hydrogen) atoms. The molecule has 1 N–H and O–H groups in total. The molecule has 0 aliphatic carbocycles. The lowest BCUT2D eigenvalue weighted by Gasteiger charge is -2.13. The first-order valence-electron chi connectivity index (χ1n) is 6.29. The summed E-state index contributed by atoms with van der Waals surface area (Å²) in [5, 5.41) is 9.40. The Bertz CT molecular complexity index is 597. The van der Waals surface area contributed by atoms with E-state index in [-0.39, 0.29) is 6.42 Å². The van der Waals surface area contributed by atoms with Crippen LogP contribution >= 0.6 is 22.9 Å². The zero-order valence-electron chi connectivity index (χ0n) is 11.2. The molecule has 1 heterocycles. The summed E-state index contributed by atoms with van der Waals surface area (Å²) in [6.45, 7) is 1.32. The van der Waals surface area contributed by atoms with Crippen molar-refractivity contribution in [3.8, 4) is 10.4 Å². The van der Waals surface area contributed by atoms with Gasteiger partial charge in [0.15, 0.2) is 0 Å². The molecular formula is C15H16ClNO2S. The summed E-state index contributed by atoms with van der Waals surface area (Å²) in [5.41, 5.74) is 1.11. The maximum Gasteiger partial charge on any atom is 0.304 e. The molecule has 0 amide bonds. The van der Waals surface area contributed by atoms with Crippen LogP contribution in [0.15, 0.2) is 36.4 Å². The van der Waals surface area contributed by atoms with Crippen LogP contribution in [-0.2, 0) is 11.3 Å². The van der Waals surface area contributed by atoms with E-state index in [0.717, 1.165) is 17.1 Å².